The summed E-state index contributed by atoms with van der Waals surface area (Å²) in [6.07, 6.45) is 0.565. The number of ether oxygens (including phenoxy) is 2. The van der Waals surface area contributed by atoms with Crippen molar-refractivity contribution in [2.45, 2.75) is 12.5 Å². The van der Waals surface area contributed by atoms with Gasteiger partial charge in [0.15, 0.2) is 0 Å². The van der Waals surface area contributed by atoms with Crippen LogP contribution in [0.5, 0.6) is 5.75 Å². The van der Waals surface area contributed by atoms with Crippen LogP contribution in [0.25, 0.3) is 0 Å². The number of likely N-dealkylation sites (N-methyl/N-ethyl adjacent to an activating group) is 1. The number of hydrogen-bond donors (Lipinski definition) is 1. The number of nitrogens with zero attached hydrogens (tertiary/aromatic N) is 1. The molecule has 2 aromatic rings. The first-order valence-electron chi connectivity index (χ1n) is 9.03. The lowest BCUT2D eigenvalue weighted by Gasteiger charge is -2.29. The lowest BCUT2D eigenvalue weighted by atomic mass is 10.1. The molecule has 0 aromatic heterocycles. The summed E-state index contributed by atoms with van der Waals surface area (Å²) in [5.41, 5.74) is 1.68. The van der Waals surface area contributed by atoms with Crippen LogP contribution in [0, 0.1) is 0 Å². The van der Waals surface area contributed by atoms with Gasteiger partial charge in [-0.05, 0) is 17.7 Å². The number of amides is 2. The van der Waals surface area contributed by atoms with E-state index in [4.69, 9.17) is 9.47 Å². The molecule has 0 spiro atoms. The quantitative estimate of drug-likeness (QED) is 0.811. The molecule has 0 unspecified atom stereocenters. The first kappa shape index (κ1) is 18.9. The molecular formula is C21H24N2O4. The summed E-state index contributed by atoms with van der Waals surface area (Å²) in [5, 5.41) is 2.87. The van der Waals surface area contributed by atoms with Crippen molar-refractivity contribution in [3.63, 3.8) is 0 Å². The zero-order valence-electron chi connectivity index (χ0n) is 15.4. The smallest absolute Gasteiger partial charge is 0.255 e. The van der Waals surface area contributed by atoms with Crippen molar-refractivity contribution in [3.05, 3.63) is 65.7 Å². The molecule has 0 radical (unpaired) electrons. The fraction of sp³-hybridized carbons (Fsp3) is 0.333. The zero-order valence-corrected chi connectivity index (χ0v) is 15.4. The Morgan fingerprint density at radius 1 is 1.19 bits per heavy atom. The summed E-state index contributed by atoms with van der Waals surface area (Å²) in [5.74, 6) is 0.297. The maximum Gasteiger partial charge on any atom is 0.255 e. The molecule has 1 fully saturated rings. The minimum atomic E-state index is -0.214. The van der Waals surface area contributed by atoms with Gasteiger partial charge in [-0.1, -0.05) is 42.5 Å². The molecular weight excluding hydrogens is 344 g/mol. The summed E-state index contributed by atoms with van der Waals surface area (Å²) in [7, 11) is 1.73. The van der Waals surface area contributed by atoms with Crippen molar-refractivity contribution in [2.24, 2.45) is 0 Å². The molecule has 3 rings (SSSR count). The van der Waals surface area contributed by atoms with Crippen molar-refractivity contribution in [1.82, 2.24) is 10.2 Å². The Bertz CT molecular complexity index is 779. The normalized spacial score (nSPS) is 16.9. The fourth-order valence-electron chi connectivity index (χ4n) is 2.89. The number of carbonyl (C=O) groups is 2. The summed E-state index contributed by atoms with van der Waals surface area (Å²) in [4.78, 5) is 25.6. The minimum absolute atomic E-state index is 0.0465. The molecule has 142 valence electrons. The number of nitrogens with one attached hydrogen (secondary N) is 1. The maximum absolute atomic E-state index is 12.6. The molecule has 6 nitrogen and oxygen atoms in total. The third kappa shape index (κ3) is 5.31. The molecule has 1 atom stereocenters. The Balaban J connectivity index is 1.53. The first-order valence-corrected chi connectivity index (χ1v) is 9.03. The van der Waals surface area contributed by atoms with Gasteiger partial charge >= 0.3 is 0 Å². The highest BCUT2D eigenvalue weighted by molar-refractivity contribution is 5.96. The van der Waals surface area contributed by atoms with Gasteiger partial charge in [0.1, 0.15) is 12.4 Å². The van der Waals surface area contributed by atoms with Crippen LogP contribution in [0.1, 0.15) is 15.9 Å². The molecule has 2 amide bonds. The van der Waals surface area contributed by atoms with Crippen molar-refractivity contribution in [2.75, 3.05) is 33.4 Å². The van der Waals surface area contributed by atoms with Gasteiger partial charge in [-0.2, -0.15) is 0 Å². The molecule has 1 aliphatic heterocycles. The Kier molecular flexibility index (Phi) is 6.44. The monoisotopic (exact) mass is 368 g/mol. The molecule has 6 heteroatoms. The van der Waals surface area contributed by atoms with Gasteiger partial charge in [-0.15, -0.1) is 0 Å². The minimum Gasteiger partial charge on any atom is -0.492 e. The van der Waals surface area contributed by atoms with Crippen molar-refractivity contribution < 1.29 is 19.1 Å². The average molecular weight is 368 g/mol. The molecule has 2 aromatic carbocycles. The zero-order chi connectivity index (χ0) is 19.1. The van der Waals surface area contributed by atoms with E-state index < -0.39 is 0 Å². The molecule has 0 aliphatic carbocycles. The lowest BCUT2D eigenvalue weighted by Crippen LogP contribution is -2.48. The van der Waals surface area contributed by atoms with Crippen LogP contribution < -0.4 is 10.1 Å². The average Bonchev–Trinajstić information content (AvgIpc) is 2.70. The second-order valence-electron chi connectivity index (χ2n) is 6.50. The van der Waals surface area contributed by atoms with E-state index in [1.54, 1.807) is 24.1 Å². The molecule has 1 aliphatic rings. The largest absolute Gasteiger partial charge is 0.492 e. The Hall–Kier alpha value is -2.86. The predicted octanol–water partition coefficient (Wildman–Crippen LogP) is 1.90. The van der Waals surface area contributed by atoms with Gasteiger partial charge in [-0.3, -0.25) is 9.59 Å². The van der Waals surface area contributed by atoms with Crippen LogP contribution in [-0.4, -0.2) is 56.2 Å². The number of rotatable bonds is 7. The third-order valence-electron chi connectivity index (χ3n) is 4.46. The van der Waals surface area contributed by atoms with Gasteiger partial charge in [0, 0.05) is 26.6 Å². The fourth-order valence-corrected chi connectivity index (χ4v) is 2.89. The van der Waals surface area contributed by atoms with E-state index >= 15 is 0 Å². The van der Waals surface area contributed by atoms with Crippen LogP contribution in [0.3, 0.4) is 0 Å². The molecule has 1 heterocycles. The van der Waals surface area contributed by atoms with Crippen LogP contribution in [0.15, 0.2) is 54.6 Å². The number of benzene rings is 2. The van der Waals surface area contributed by atoms with Gasteiger partial charge in [0.05, 0.1) is 18.3 Å². The third-order valence-corrected chi connectivity index (χ3v) is 4.46. The Labute approximate surface area is 159 Å². The van der Waals surface area contributed by atoms with Crippen molar-refractivity contribution in [1.29, 1.82) is 0 Å². The van der Waals surface area contributed by atoms with E-state index in [1.165, 1.54) is 5.56 Å². The maximum atomic E-state index is 12.6. The molecule has 27 heavy (non-hydrogen) atoms. The van der Waals surface area contributed by atoms with Crippen molar-refractivity contribution >= 4 is 11.8 Å². The van der Waals surface area contributed by atoms with Gasteiger partial charge in [-0.25, -0.2) is 0 Å². The standard InChI is InChI=1S/C21H24N2O4/c1-23-14-17(27-15-20(23)24)13-22-21(25)18-9-5-6-10-19(18)26-12-11-16-7-3-2-4-8-16/h2-10,17H,11-15H2,1H3,(H,22,25)/t17-/m0/s1. The molecule has 0 saturated carbocycles. The second-order valence-corrected chi connectivity index (χ2v) is 6.50. The second kappa shape index (κ2) is 9.19. The molecule has 1 saturated heterocycles. The van der Waals surface area contributed by atoms with E-state index in [0.29, 0.717) is 31.0 Å². The number of carbonyl (C=O) groups excluding carboxylic acids is 2. The van der Waals surface area contributed by atoms with Crippen LogP contribution >= 0.6 is 0 Å². The van der Waals surface area contributed by atoms with Crippen LogP contribution in [0.2, 0.25) is 0 Å². The van der Waals surface area contributed by atoms with Crippen molar-refractivity contribution in [3.8, 4) is 5.75 Å². The Morgan fingerprint density at radius 2 is 1.93 bits per heavy atom. The highest BCUT2D eigenvalue weighted by Gasteiger charge is 2.24. The number of morpholine rings is 1. The first-order chi connectivity index (χ1) is 13.1. The van der Waals surface area contributed by atoms with E-state index in [2.05, 4.69) is 5.32 Å². The summed E-state index contributed by atoms with van der Waals surface area (Å²) >= 11 is 0. The lowest BCUT2D eigenvalue weighted by molar-refractivity contribution is -0.146. The van der Waals surface area contributed by atoms with Crippen LogP contribution in [-0.2, 0) is 16.0 Å². The van der Waals surface area contributed by atoms with Crippen LogP contribution in [0.4, 0.5) is 0 Å². The Morgan fingerprint density at radius 3 is 2.70 bits per heavy atom. The van der Waals surface area contributed by atoms with E-state index in [1.807, 2.05) is 42.5 Å². The highest BCUT2D eigenvalue weighted by atomic mass is 16.5. The van der Waals surface area contributed by atoms with Gasteiger partial charge in [0.2, 0.25) is 5.91 Å². The van der Waals surface area contributed by atoms with E-state index in [9.17, 15) is 9.59 Å². The summed E-state index contributed by atoms with van der Waals surface area (Å²) < 4.78 is 11.3. The number of para-hydroxylation sites is 1. The summed E-state index contributed by atoms with van der Waals surface area (Å²) in [6.45, 7) is 1.35. The molecule has 1 N–H and O–H groups in total. The van der Waals surface area contributed by atoms with E-state index in [0.717, 1.165) is 6.42 Å². The SMILES string of the molecule is CN1C[C@H](CNC(=O)c2ccccc2OCCc2ccccc2)OCC1=O. The topological polar surface area (TPSA) is 67.9 Å². The summed E-state index contributed by atoms with van der Waals surface area (Å²) in [6, 6.07) is 17.3. The highest BCUT2D eigenvalue weighted by Crippen LogP contribution is 2.18. The van der Waals surface area contributed by atoms with E-state index in [-0.39, 0.29) is 24.5 Å². The van der Waals surface area contributed by atoms with Gasteiger partial charge in [0.25, 0.3) is 5.91 Å². The molecule has 0 bridgehead atoms. The predicted molar refractivity (Wildman–Crippen MR) is 102 cm³/mol. The number of hydrogen-bond acceptors (Lipinski definition) is 4. The van der Waals surface area contributed by atoms with Gasteiger partial charge < -0.3 is 19.7 Å².